The van der Waals surface area contributed by atoms with Gasteiger partial charge in [0.15, 0.2) is 5.82 Å². The summed E-state index contributed by atoms with van der Waals surface area (Å²) in [4.78, 5) is 0. The zero-order valence-electron chi connectivity index (χ0n) is 12.8. The summed E-state index contributed by atoms with van der Waals surface area (Å²) in [6.45, 7) is 10.2. The standard InChI is InChI=1S/C13H27N5O/c1-6-12(7-2)11(4)18-13(15-16-17-18)10(3)14-8-9-19-5/h10-12,14H,6-9H2,1-5H3. The molecule has 6 nitrogen and oxygen atoms in total. The minimum Gasteiger partial charge on any atom is -0.383 e. The molecule has 0 aliphatic carbocycles. The Kier molecular flexibility index (Phi) is 6.94. The molecule has 0 aliphatic rings. The van der Waals surface area contributed by atoms with Crippen LogP contribution >= 0.6 is 0 Å². The fourth-order valence-electron chi connectivity index (χ4n) is 2.42. The van der Waals surface area contributed by atoms with E-state index in [1.807, 2.05) is 4.68 Å². The molecule has 19 heavy (non-hydrogen) atoms. The molecule has 0 amide bonds. The third kappa shape index (κ3) is 4.24. The molecule has 1 heterocycles. The Bertz CT molecular complexity index is 351. The molecule has 0 bridgehead atoms. The largest absolute Gasteiger partial charge is 0.383 e. The van der Waals surface area contributed by atoms with E-state index in [-0.39, 0.29) is 6.04 Å². The van der Waals surface area contributed by atoms with Crippen molar-refractivity contribution in [3.8, 4) is 0 Å². The number of nitrogens with one attached hydrogen (secondary N) is 1. The van der Waals surface area contributed by atoms with Crippen molar-refractivity contribution in [1.29, 1.82) is 0 Å². The molecule has 1 aromatic heterocycles. The van der Waals surface area contributed by atoms with Crippen LogP contribution in [0, 0.1) is 5.92 Å². The Labute approximate surface area is 115 Å². The van der Waals surface area contributed by atoms with Crippen LogP contribution in [0.15, 0.2) is 0 Å². The van der Waals surface area contributed by atoms with E-state index in [2.05, 4.69) is 48.5 Å². The van der Waals surface area contributed by atoms with Crippen molar-refractivity contribution in [1.82, 2.24) is 25.5 Å². The van der Waals surface area contributed by atoms with Crippen LogP contribution in [-0.2, 0) is 4.74 Å². The molecule has 2 atom stereocenters. The smallest absolute Gasteiger partial charge is 0.168 e. The maximum atomic E-state index is 5.04. The third-order valence-corrected chi connectivity index (χ3v) is 3.78. The Morgan fingerprint density at radius 3 is 2.53 bits per heavy atom. The average Bonchev–Trinajstić information content (AvgIpc) is 2.89. The van der Waals surface area contributed by atoms with Gasteiger partial charge >= 0.3 is 0 Å². The number of tetrazole rings is 1. The second-order valence-corrected chi connectivity index (χ2v) is 4.97. The first-order valence-electron chi connectivity index (χ1n) is 7.15. The molecular weight excluding hydrogens is 242 g/mol. The molecule has 2 unspecified atom stereocenters. The number of hydrogen-bond acceptors (Lipinski definition) is 5. The molecule has 0 fully saturated rings. The summed E-state index contributed by atoms with van der Waals surface area (Å²) in [6.07, 6.45) is 2.28. The number of nitrogens with zero attached hydrogens (tertiary/aromatic N) is 4. The first-order chi connectivity index (χ1) is 9.15. The van der Waals surface area contributed by atoms with E-state index in [4.69, 9.17) is 4.74 Å². The van der Waals surface area contributed by atoms with Crippen LogP contribution in [0.3, 0.4) is 0 Å². The highest BCUT2D eigenvalue weighted by molar-refractivity contribution is 4.92. The predicted octanol–water partition coefficient (Wildman–Crippen LogP) is 1.97. The number of rotatable bonds is 9. The van der Waals surface area contributed by atoms with E-state index >= 15 is 0 Å². The SMILES string of the molecule is CCC(CC)C(C)n1nnnc1C(C)NCCOC. The minimum absolute atomic E-state index is 0.127. The second-order valence-electron chi connectivity index (χ2n) is 4.97. The number of hydrogen-bond donors (Lipinski definition) is 1. The summed E-state index contributed by atoms with van der Waals surface area (Å²) in [5.41, 5.74) is 0. The van der Waals surface area contributed by atoms with Crippen LogP contribution in [0.4, 0.5) is 0 Å². The molecule has 1 N–H and O–H groups in total. The highest BCUT2D eigenvalue weighted by Crippen LogP contribution is 2.25. The van der Waals surface area contributed by atoms with Crippen molar-refractivity contribution in [2.75, 3.05) is 20.3 Å². The van der Waals surface area contributed by atoms with Crippen molar-refractivity contribution in [2.24, 2.45) is 5.92 Å². The Morgan fingerprint density at radius 2 is 1.95 bits per heavy atom. The lowest BCUT2D eigenvalue weighted by atomic mass is 9.95. The summed E-state index contributed by atoms with van der Waals surface area (Å²) >= 11 is 0. The van der Waals surface area contributed by atoms with E-state index in [1.54, 1.807) is 7.11 Å². The van der Waals surface area contributed by atoms with Crippen LogP contribution in [0.1, 0.15) is 58.4 Å². The van der Waals surface area contributed by atoms with E-state index < -0.39 is 0 Å². The summed E-state index contributed by atoms with van der Waals surface area (Å²) in [7, 11) is 1.70. The van der Waals surface area contributed by atoms with Crippen molar-refractivity contribution in [3.05, 3.63) is 5.82 Å². The predicted molar refractivity (Wildman–Crippen MR) is 74.9 cm³/mol. The summed E-state index contributed by atoms with van der Waals surface area (Å²) in [5.74, 6) is 1.50. The van der Waals surface area contributed by atoms with Gasteiger partial charge in [-0.25, -0.2) is 4.68 Å². The fraction of sp³-hybridized carbons (Fsp3) is 0.923. The Balaban J connectivity index is 2.73. The van der Waals surface area contributed by atoms with Crippen LogP contribution in [0.5, 0.6) is 0 Å². The molecule has 6 heteroatoms. The van der Waals surface area contributed by atoms with Gasteiger partial charge in [-0.15, -0.1) is 5.10 Å². The van der Waals surface area contributed by atoms with Gasteiger partial charge in [0.2, 0.25) is 0 Å². The maximum Gasteiger partial charge on any atom is 0.168 e. The van der Waals surface area contributed by atoms with Gasteiger partial charge in [-0.05, 0) is 30.2 Å². The normalized spacial score (nSPS) is 14.8. The Hall–Kier alpha value is -1.01. The van der Waals surface area contributed by atoms with Gasteiger partial charge in [0.25, 0.3) is 0 Å². The average molecular weight is 269 g/mol. The molecule has 0 aromatic carbocycles. The van der Waals surface area contributed by atoms with Crippen LogP contribution in [0.25, 0.3) is 0 Å². The van der Waals surface area contributed by atoms with Crippen molar-refractivity contribution < 1.29 is 4.74 Å². The lowest BCUT2D eigenvalue weighted by molar-refractivity contribution is 0.195. The molecule has 0 saturated heterocycles. The molecule has 1 rings (SSSR count). The number of ether oxygens (including phenoxy) is 1. The van der Waals surface area contributed by atoms with Gasteiger partial charge in [0.05, 0.1) is 18.7 Å². The topological polar surface area (TPSA) is 64.9 Å². The van der Waals surface area contributed by atoms with Gasteiger partial charge in [0.1, 0.15) is 0 Å². The molecule has 110 valence electrons. The lowest BCUT2D eigenvalue weighted by Gasteiger charge is -2.23. The molecular formula is C13H27N5O. The lowest BCUT2D eigenvalue weighted by Crippen LogP contribution is -2.28. The second kappa shape index (κ2) is 8.22. The van der Waals surface area contributed by atoms with Gasteiger partial charge in [-0.2, -0.15) is 0 Å². The summed E-state index contributed by atoms with van der Waals surface area (Å²) in [6, 6.07) is 0.452. The number of methoxy groups -OCH3 is 1. The summed E-state index contributed by atoms with van der Waals surface area (Å²) < 4.78 is 7.00. The molecule has 1 aromatic rings. The quantitative estimate of drug-likeness (QED) is 0.694. The number of aromatic nitrogens is 4. The first-order valence-corrected chi connectivity index (χ1v) is 7.15. The van der Waals surface area contributed by atoms with Crippen LogP contribution in [0.2, 0.25) is 0 Å². The molecule has 0 spiro atoms. The van der Waals surface area contributed by atoms with Crippen molar-refractivity contribution in [3.63, 3.8) is 0 Å². The zero-order valence-corrected chi connectivity index (χ0v) is 12.8. The molecule has 0 aliphatic heterocycles. The van der Waals surface area contributed by atoms with Crippen molar-refractivity contribution >= 4 is 0 Å². The van der Waals surface area contributed by atoms with Gasteiger partial charge in [0, 0.05) is 13.7 Å². The highest BCUT2D eigenvalue weighted by Gasteiger charge is 2.22. The van der Waals surface area contributed by atoms with E-state index in [0.29, 0.717) is 18.6 Å². The fourth-order valence-corrected chi connectivity index (χ4v) is 2.42. The van der Waals surface area contributed by atoms with Gasteiger partial charge in [-0.3, -0.25) is 0 Å². The molecule has 0 saturated carbocycles. The van der Waals surface area contributed by atoms with Crippen molar-refractivity contribution in [2.45, 2.75) is 52.6 Å². The van der Waals surface area contributed by atoms with Gasteiger partial charge in [-0.1, -0.05) is 26.7 Å². The van der Waals surface area contributed by atoms with E-state index in [1.165, 1.54) is 0 Å². The zero-order chi connectivity index (χ0) is 14.3. The van der Waals surface area contributed by atoms with Crippen LogP contribution in [-0.4, -0.2) is 40.5 Å². The minimum atomic E-state index is 0.127. The third-order valence-electron chi connectivity index (χ3n) is 3.78. The van der Waals surface area contributed by atoms with Gasteiger partial charge < -0.3 is 10.1 Å². The Morgan fingerprint density at radius 1 is 1.26 bits per heavy atom. The maximum absolute atomic E-state index is 5.04. The summed E-state index contributed by atoms with van der Waals surface area (Å²) in [5, 5.41) is 15.5. The van der Waals surface area contributed by atoms with E-state index in [9.17, 15) is 0 Å². The highest BCUT2D eigenvalue weighted by atomic mass is 16.5. The van der Waals surface area contributed by atoms with E-state index in [0.717, 1.165) is 25.2 Å². The first kappa shape index (κ1) is 16.0. The molecule has 0 radical (unpaired) electrons. The monoisotopic (exact) mass is 269 g/mol. The van der Waals surface area contributed by atoms with Crippen LogP contribution < -0.4 is 5.32 Å².